The first-order valence-corrected chi connectivity index (χ1v) is 5.82. The van der Waals surface area contributed by atoms with E-state index < -0.39 is 0 Å². The lowest BCUT2D eigenvalue weighted by Crippen LogP contribution is -2.34. The Balaban J connectivity index is 2.04. The molecule has 13 heavy (non-hydrogen) atoms. The smallest absolute Gasteiger partial charge is 0.184 e. The van der Waals surface area contributed by atoms with Crippen LogP contribution in [0.25, 0.3) is 0 Å². The van der Waals surface area contributed by atoms with E-state index in [1.165, 1.54) is 0 Å². The van der Waals surface area contributed by atoms with Gasteiger partial charge in [0.1, 0.15) is 4.60 Å². The fourth-order valence-electron chi connectivity index (χ4n) is 1.34. The van der Waals surface area contributed by atoms with E-state index in [-0.39, 0.29) is 5.54 Å². The molecule has 72 valence electrons. The predicted molar refractivity (Wildman–Crippen MR) is 57.3 cm³/mol. The van der Waals surface area contributed by atoms with Crippen LogP contribution in [-0.2, 0) is 4.74 Å². The van der Waals surface area contributed by atoms with E-state index >= 15 is 0 Å². The number of anilines is 1. The molecule has 1 aromatic rings. The molecule has 1 aliphatic rings. The van der Waals surface area contributed by atoms with Gasteiger partial charge in [0, 0.05) is 12.0 Å². The van der Waals surface area contributed by atoms with Crippen LogP contribution in [0.5, 0.6) is 0 Å². The molecule has 5 heteroatoms. The van der Waals surface area contributed by atoms with Gasteiger partial charge >= 0.3 is 0 Å². The number of halogens is 1. The highest BCUT2D eigenvalue weighted by molar-refractivity contribution is 9.10. The molecule has 0 saturated carbocycles. The molecule has 0 bridgehead atoms. The Kier molecular flexibility index (Phi) is 2.58. The monoisotopic (exact) mass is 262 g/mol. The van der Waals surface area contributed by atoms with E-state index in [2.05, 4.69) is 33.2 Å². The van der Waals surface area contributed by atoms with Crippen molar-refractivity contribution in [2.24, 2.45) is 0 Å². The first kappa shape index (κ1) is 9.43. The fourth-order valence-corrected chi connectivity index (χ4v) is 2.63. The number of nitrogens with zero attached hydrogens (tertiary/aromatic N) is 1. The van der Waals surface area contributed by atoms with Gasteiger partial charge in [-0.15, -0.1) is 11.3 Å². The van der Waals surface area contributed by atoms with E-state index in [1.807, 2.05) is 5.38 Å². The first-order valence-electron chi connectivity index (χ1n) is 4.15. The number of thiazole rings is 1. The summed E-state index contributed by atoms with van der Waals surface area (Å²) in [5.74, 6) is 0. The van der Waals surface area contributed by atoms with Gasteiger partial charge in [0.2, 0.25) is 0 Å². The number of hydrogen-bond acceptors (Lipinski definition) is 4. The number of nitrogens with one attached hydrogen (secondary N) is 1. The fraction of sp³-hybridized carbons (Fsp3) is 0.625. The number of aromatic nitrogens is 1. The highest BCUT2D eigenvalue weighted by Crippen LogP contribution is 2.27. The van der Waals surface area contributed by atoms with Crippen molar-refractivity contribution < 1.29 is 4.74 Å². The van der Waals surface area contributed by atoms with Crippen LogP contribution in [0.15, 0.2) is 9.98 Å². The lowest BCUT2D eigenvalue weighted by molar-refractivity contribution is 0.185. The second kappa shape index (κ2) is 3.55. The third-order valence-electron chi connectivity index (χ3n) is 2.10. The molecular formula is C8H11BrN2OS. The molecular weight excluding hydrogens is 252 g/mol. The van der Waals surface area contributed by atoms with Gasteiger partial charge in [-0.3, -0.25) is 0 Å². The molecule has 1 N–H and O–H groups in total. The highest BCUT2D eigenvalue weighted by atomic mass is 79.9. The number of hydrogen-bond donors (Lipinski definition) is 1. The first-order chi connectivity index (χ1) is 6.18. The molecule has 3 nitrogen and oxygen atoms in total. The minimum atomic E-state index is 0.0668. The van der Waals surface area contributed by atoms with E-state index in [9.17, 15) is 0 Å². The van der Waals surface area contributed by atoms with Crippen LogP contribution in [0.4, 0.5) is 5.13 Å². The summed E-state index contributed by atoms with van der Waals surface area (Å²) in [6.07, 6.45) is 1.05. The molecule has 0 spiro atoms. The Morgan fingerprint density at radius 3 is 3.15 bits per heavy atom. The van der Waals surface area contributed by atoms with Crippen LogP contribution < -0.4 is 5.32 Å². The molecule has 0 aromatic carbocycles. The van der Waals surface area contributed by atoms with Crippen molar-refractivity contribution in [1.82, 2.24) is 4.98 Å². The molecule has 2 heterocycles. The summed E-state index contributed by atoms with van der Waals surface area (Å²) >= 11 is 4.94. The van der Waals surface area contributed by atoms with Crippen molar-refractivity contribution in [3.63, 3.8) is 0 Å². The average Bonchev–Trinajstić information content (AvgIpc) is 2.62. The summed E-state index contributed by atoms with van der Waals surface area (Å²) in [7, 11) is 0. The molecule has 1 atom stereocenters. The van der Waals surface area contributed by atoms with Gasteiger partial charge in [-0.1, -0.05) is 0 Å². The maximum absolute atomic E-state index is 5.34. The number of rotatable bonds is 2. The largest absolute Gasteiger partial charge is 0.379 e. The van der Waals surface area contributed by atoms with Crippen molar-refractivity contribution in [2.75, 3.05) is 18.5 Å². The van der Waals surface area contributed by atoms with Gasteiger partial charge in [-0.25, -0.2) is 4.98 Å². The van der Waals surface area contributed by atoms with E-state index in [0.29, 0.717) is 0 Å². The number of ether oxygens (including phenoxy) is 1. The normalized spacial score (nSPS) is 27.8. The maximum atomic E-state index is 5.34. The van der Waals surface area contributed by atoms with Crippen LogP contribution in [0.1, 0.15) is 13.3 Å². The Hall–Kier alpha value is -0.130. The highest BCUT2D eigenvalue weighted by Gasteiger charge is 2.30. The van der Waals surface area contributed by atoms with Crippen molar-refractivity contribution in [2.45, 2.75) is 18.9 Å². The molecule has 1 saturated heterocycles. The quantitative estimate of drug-likeness (QED) is 0.890. The standard InChI is InChI=1S/C8H11BrN2OS/c1-8(2-3-12-5-8)11-7-10-6(9)4-13-7/h4H,2-3,5H2,1H3,(H,10,11). The van der Waals surface area contributed by atoms with Crippen molar-refractivity contribution in [3.05, 3.63) is 9.98 Å². The average molecular weight is 263 g/mol. The van der Waals surface area contributed by atoms with Gasteiger partial charge in [0.25, 0.3) is 0 Å². The minimum absolute atomic E-state index is 0.0668. The van der Waals surface area contributed by atoms with Crippen molar-refractivity contribution >= 4 is 32.4 Å². The zero-order chi connectivity index (χ0) is 9.31. The molecule has 1 unspecified atom stereocenters. The summed E-state index contributed by atoms with van der Waals surface area (Å²) < 4.78 is 6.23. The van der Waals surface area contributed by atoms with Gasteiger partial charge in [-0.05, 0) is 29.3 Å². The molecule has 1 fully saturated rings. The third-order valence-corrected chi connectivity index (χ3v) is 3.57. The topological polar surface area (TPSA) is 34.2 Å². The summed E-state index contributed by atoms with van der Waals surface area (Å²) in [5, 5.41) is 6.32. The summed E-state index contributed by atoms with van der Waals surface area (Å²) in [5.41, 5.74) is 0.0668. The summed E-state index contributed by atoms with van der Waals surface area (Å²) in [6, 6.07) is 0. The second-order valence-electron chi connectivity index (χ2n) is 3.46. The Labute approximate surface area is 89.6 Å². The zero-order valence-corrected chi connectivity index (χ0v) is 9.74. The second-order valence-corrected chi connectivity index (χ2v) is 5.13. The van der Waals surface area contributed by atoms with Crippen LogP contribution in [0.2, 0.25) is 0 Å². The molecule has 1 aromatic heterocycles. The van der Waals surface area contributed by atoms with Gasteiger partial charge in [-0.2, -0.15) is 0 Å². The molecule has 0 aliphatic carbocycles. The van der Waals surface area contributed by atoms with Crippen molar-refractivity contribution in [1.29, 1.82) is 0 Å². The maximum Gasteiger partial charge on any atom is 0.184 e. The van der Waals surface area contributed by atoms with Crippen LogP contribution in [0, 0.1) is 0 Å². The van der Waals surface area contributed by atoms with Gasteiger partial charge in [0.15, 0.2) is 5.13 Å². The van der Waals surface area contributed by atoms with Crippen LogP contribution >= 0.6 is 27.3 Å². The lowest BCUT2D eigenvalue weighted by atomic mass is 10.0. The molecule has 0 radical (unpaired) electrons. The van der Waals surface area contributed by atoms with Crippen LogP contribution in [0.3, 0.4) is 0 Å². The Bertz CT molecular complexity index is 296. The van der Waals surface area contributed by atoms with Gasteiger partial charge in [0.05, 0.1) is 12.1 Å². The summed E-state index contributed by atoms with van der Waals surface area (Å²) in [4.78, 5) is 4.29. The zero-order valence-electron chi connectivity index (χ0n) is 7.34. The van der Waals surface area contributed by atoms with Gasteiger partial charge < -0.3 is 10.1 Å². The molecule has 0 amide bonds. The minimum Gasteiger partial charge on any atom is -0.379 e. The molecule has 2 rings (SSSR count). The van der Waals surface area contributed by atoms with E-state index in [4.69, 9.17) is 4.74 Å². The summed E-state index contributed by atoms with van der Waals surface area (Å²) in [6.45, 7) is 3.77. The third kappa shape index (κ3) is 2.21. The van der Waals surface area contributed by atoms with Crippen LogP contribution in [-0.4, -0.2) is 23.7 Å². The van der Waals surface area contributed by atoms with Crippen molar-refractivity contribution in [3.8, 4) is 0 Å². The van der Waals surface area contributed by atoms with E-state index in [1.54, 1.807) is 11.3 Å². The lowest BCUT2D eigenvalue weighted by Gasteiger charge is -2.22. The Morgan fingerprint density at radius 2 is 2.62 bits per heavy atom. The predicted octanol–water partition coefficient (Wildman–Crippen LogP) is 2.50. The van der Waals surface area contributed by atoms with E-state index in [0.717, 1.165) is 29.4 Å². The SMILES string of the molecule is CC1(Nc2nc(Br)cs2)CCOC1. The Morgan fingerprint density at radius 1 is 1.77 bits per heavy atom. The molecule has 1 aliphatic heterocycles.